The molecule has 0 heterocycles. The van der Waals surface area contributed by atoms with Crippen LogP contribution in [0.3, 0.4) is 0 Å². The molecule has 2 nitrogen and oxygen atoms in total. The summed E-state index contributed by atoms with van der Waals surface area (Å²) in [6.07, 6.45) is 5.32. The van der Waals surface area contributed by atoms with Crippen LogP contribution in [0.4, 0.5) is 0 Å². The second-order valence-electron chi connectivity index (χ2n) is 3.43. The van der Waals surface area contributed by atoms with Crippen LogP contribution in [0, 0.1) is 5.92 Å². The molecular formula is C11H20O2. The van der Waals surface area contributed by atoms with Crippen molar-refractivity contribution >= 4 is 5.97 Å². The van der Waals surface area contributed by atoms with Gasteiger partial charge in [-0.05, 0) is 18.8 Å². The third-order valence-electron chi connectivity index (χ3n) is 2.42. The summed E-state index contributed by atoms with van der Waals surface area (Å²) in [5, 5.41) is 8.74. The first-order valence-electron chi connectivity index (χ1n) is 5.05. The van der Waals surface area contributed by atoms with Gasteiger partial charge in [0.05, 0.1) is 0 Å². The number of rotatable bonds is 7. The van der Waals surface area contributed by atoms with E-state index in [4.69, 9.17) is 5.11 Å². The maximum atomic E-state index is 10.6. The number of aliphatic carboxylic acids is 1. The highest BCUT2D eigenvalue weighted by Crippen LogP contribution is 2.20. The summed E-state index contributed by atoms with van der Waals surface area (Å²) in [6.45, 7) is 7.77. The van der Waals surface area contributed by atoms with E-state index >= 15 is 0 Å². The summed E-state index contributed by atoms with van der Waals surface area (Å²) < 4.78 is 0. The first-order chi connectivity index (χ1) is 6.13. The number of hydrogen-bond donors (Lipinski definition) is 1. The van der Waals surface area contributed by atoms with Crippen molar-refractivity contribution in [3.05, 3.63) is 12.2 Å². The third-order valence-corrected chi connectivity index (χ3v) is 2.42. The van der Waals surface area contributed by atoms with Crippen LogP contribution in [-0.4, -0.2) is 11.1 Å². The SMILES string of the molecule is C=C(C(=O)O)C(CC)CCCCC. The van der Waals surface area contributed by atoms with Crippen molar-refractivity contribution in [1.82, 2.24) is 0 Å². The molecule has 1 N–H and O–H groups in total. The summed E-state index contributed by atoms with van der Waals surface area (Å²) >= 11 is 0. The van der Waals surface area contributed by atoms with Crippen LogP contribution in [0.25, 0.3) is 0 Å². The van der Waals surface area contributed by atoms with Gasteiger partial charge in [0.2, 0.25) is 0 Å². The van der Waals surface area contributed by atoms with Crippen molar-refractivity contribution in [2.75, 3.05) is 0 Å². The average Bonchev–Trinajstić information content (AvgIpc) is 2.11. The molecule has 13 heavy (non-hydrogen) atoms. The maximum Gasteiger partial charge on any atom is 0.331 e. The zero-order valence-corrected chi connectivity index (χ0v) is 8.68. The Kier molecular flexibility index (Phi) is 6.29. The van der Waals surface area contributed by atoms with E-state index in [1.54, 1.807) is 0 Å². The van der Waals surface area contributed by atoms with Gasteiger partial charge in [0.1, 0.15) is 0 Å². The molecule has 2 heteroatoms. The van der Waals surface area contributed by atoms with E-state index in [2.05, 4.69) is 13.5 Å². The fraction of sp³-hybridized carbons (Fsp3) is 0.727. The number of hydrogen-bond acceptors (Lipinski definition) is 1. The minimum absolute atomic E-state index is 0.170. The van der Waals surface area contributed by atoms with E-state index in [9.17, 15) is 4.79 Å². The molecule has 0 aliphatic rings. The molecule has 0 aliphatic heterocycles. The van der Waals surface area contributed by atoms with Gasteiger partial charge < -0.3 is 5.11 Å². The van der Waals surface area contributed by atoms with Crippen molar-refractivity contribution in [3.63, 3.8) is 0 Å². The van der Waals surface area contributed by atoms with Gasteiger partial charge in [0.15, 0.2) is 0 Å². The van der Waals surface area contributed by atoms with Crippen molar-refractivity contribution in [2.45, 2.75) is 46.0 Å². The first kappa shape index (κ1) is 12.2. The molecular weight excluding hydrogens is 164 g/mol. The van der Waals surface area contributed by atoms with Crippen LogP contribution < -0.4 is 0 Å². The molecule has 0 aromatic carbocycles. The van der Waals surface area contributed by atoms with Crippen LogP contribution in [-0.2, 0) is 4.79 Å². The van der Waals surface area contributed by atoms with Crippen molar-refractivity contribution in [3.8, 4) is 0 Å². The molecule has 0 radical (unpaired) electrons. The molecule has 0 saturated heterocycles. The molecule has 76 valence electrons. The van der Waals surface area contributed by atoms with Gasteiger partial charge in [0, 0.05) is 5.57 Å². The lowest BCUT2D eigenvalue weighted by Gasteiger charge is -2.13. The molecule has 0 bridgehead atoms. The van der Waals surface area contributed by atoms with Crippen LogP contribution >= 0.6 is 0 Å². The van der Waals surface area contributed by atoms with E-state index in [0.29, 0.717) is 5.57 Å². The second-order valence-corrected chi connectivity index (χ2v) is 3.43. The topological polar surface area (TPSA) is 37.3 Å². The number of carboxylic acids is 1. The molecule has 0 amide bonds. The first-order valence-corrected chi connectivity index (χ1v) is 5.05. The van der Waals surface area contributed by atoms with Crippen molar-refractivity contribution in [2.24, 2.45) is 5.92 Å². The summed E-state index contributed by atoms with van der Waals surface area (Å²) in [5.41, 5.74) is 0.374. The number of carbonyl (C=O) groups is 1. The summed E-state index contributed by atoms with van der Waals surface area (Å²) in [7, 11) is 0. The Bertz CT molecular complexity index is 173. The average molecular weight is 184 g/mol. The molecule has 0 aliphatic carbocycles. The molecule has 0 rings (SSSR count). The summed E-state index contributed by atoms with van der Waals surface area (Å²) in [5.74, 6) is -0.674. The van der Waals surface area contributed by atoms with Crippen LogP contribution in [0.5, 0.6) is 0 Å². The number of unbranched alkanes of at least 4 members (excludes halogenated alkanes) is 2. The van der Waals surface area contributed by atoms with Gasteiger partial charge in [-0.3, -0.25) is 0 Å². The van der Waals surface area contributed by atoms with Gasteiger partial charge >= 0.3 is 5.97 Å². The summed E-state index contributed by atoms with van der Waals surface area (Å²) in [6, 6.07) is 0. The van der Waals surface area contributed by atoms with Crippen LogP contribution in [0.1, 0.15) is 46.0 Å². The van der Waals surface area contributed by atoms with E-state index in [0.717, 1.165) is 19.3 Å². The highest BCUT2D eigenvalue weighted by molar-refractivity contribution is 5.86. The Hall–Kier alpha value is -0.790. The second kappa shape index (κ2) is 6.70. The lowest BCUT2D eigenvalue weighted by molar-refractivity contribution is -0.133. The molecule has 0 fully saturated rings. The lowest BCUT2D eigenvalue weighted by Crippen LogP contribution is -2.10. The highest BCUT2D eigenvalue weighted by atomic mass is 16.4. The third kappa shape index (κ3) is 4.71. The van der Waals surface area contributed by atoms with E-state index < -0.39 is 5.97 Å². The van der Waals surface area contributed by atoms with E-state index in [1.807, 2.05) is 6.92 Å². The molecule has 1 atom stereocenters. The van der Waals surface area contributed by atoms with Gasteiger partial charge in [-0.15, -0.1) is 0 Å². The molecule has 0 saturated carbocycles. The monoisotopic (exact) mass is 184 g/mol. The molecule has 1 unspecified atom stereocenters. The quantitative estimate of drug-likeness (QED) is 0.487. The standard InChI is InChI=1S/C11H20O2/c1-4-6-7-8-10(5-2)9(3)11(12)13/h10H,3-8H2,1-2H3,(H,12,13). The largest absolute Gasteiger partial charge is 0.478 e. The van der Waals surface area contributed by atoms with E-state index in [-0.39, 0.29) is 5.92 Å². The summed E-state index contributed by atoms with van der Waals surface area (Å²) in [4.78, 5) is 10.6. The predicted molar refractivity (Wildman–Crippen MR) is 54.7 cm³/mol. The minimum atomic E-state index is -0.844. The molecule has 0 aromatic heterocycles. The van der Waals surface area contributed by atoms with E-state index in [1.165, 1.54) is 12.8 Å². The predicted octanol–water partition coefficient (Wildman–Crippen LogP) is 3.23. The molecule has 0 spiro atoms. The van der Waals surface area contributed by atoms with Crippen molar-refractivity contribution < 1.29 is 9.90 Å². The molecule has 0 aromatic rings. The Morgan fingerprint density at radius 2 is 2.00 bits per heavy atom. The Balaban J connectivity index is 3.88. The van der Waals surface area contributed by atoms with Crippen molar-refractivity contribution in [1.29, 1.82) is 0 Å². The fourth-order valence-electron chi connectivity index (χ4n) is 1.44. The maximum absolute atomic E-state index is 10.6. The van der Waals surface area contributed by atoms with Gasteiger partial charge in [-0.2, -0.15) is 0 Å². The smallest absolute Gasteiger partial charge is 0.331 e. The Morgan fingerprint density at radius 3 is 2.38 bits per heavy atom. The highest BCUT2D eigenvalue weighted by Gasteiger charge is 2.15. The lowest BCUT2D eigenvalue weighted by atomic mass is 9.92. The zero-order chi connectivity index (χ0) is 10.3. The minimum Gasteiger partial charge on any atom is -0.478 e. The van der Waals surface area contributed by atoms with Crippen LogP contribution in [0.15, 0.2) is 12.2 Å². The van der Waals surface area contributed by atoms with Gasteiger partial charge in [-0.1, -0.05) is 39.7 Å². The fourth-order valence-corrected chi connectivity index (χ4v) is 1.44. The van der Waals surface area contributed by atoms with Crippen LogP contribution in [0.2, 0.25) is 0 Å². The van der Waals surface area contributed by atoms with Gasteiger partial charge in [-0.25, -0.2) is 4.79 Å². The van der Waals surface area contributed by atoms with Gasteiger partial charge in [0.25, 0.3) is 0 Å². The zero-order valence-electron chi connectivity index (χ0n) is 8.68. The number of carboxylic acid groups (broad SMARTS) is 1. The Labute approximate surface area is 80.7 Å². The normalized spacial score (nSPS) is 12.5. The Morgan fingerprint density at radius 1 is 1.38 bits per heavy atom.